The fourth-order valence-electron chi connectivity index (χ4n) is 2.17. The van der Waals surface area contributed by atoms with E-state index in [-0.39, 0.29) is 5.13 Å². The van der Waals surface area contributed by atoms with Gasteiger partial charge in [-0.2, -0.15) is 13.2 Å². The van der Waals surface area contributed by atoms with Gasteiger partial charge in [0.25, 0.3) is 0 Å². The molecule has 0 bridgehead atoms. The van der Waals surface area contributed by atoms with Gasteiger partial charge in [0.2, 0.25) is 0 Å². The lowest BCUT2D eigenvalue weighted by atomic mass is 10.1. The summed E-state index contributed by atoms with van der Waals surface area (Å²) in [5, 5.41) is 2.68. The highest BCUT2D eigenvalue weighted by Gasteiger charge is 2.32. The summed E-state index contributed by atoms with van der Waals surface area (Å²) < 4.78 is 44.8. The first-order chi connectivity index (χ1) is 11.3. The summed E-state index contributed by atoms with van der Waals surface area (Å²) in [4.78, 5) is 17.9. The van der Waals surface area contributed by atoms with Crippen LogP contribution < -0.4 is 5.32 Å². The minimum absolute atomic E-state index is 0.198. The molecule has 0 saturated heterocycles. The second kappa shape index (κ2) is 6.80. The number of carbonyl (C=O) groups excluding carboxylic acids is 1. The van der Waals surface area contributed by atoms with Crippen LogP contribution >= 0.6 is 11.3 Å². The average Bonchev–Trinajstić information content (AvgIpc) is 2.76. The van der Waals surface area contributed by atoms with Crippen molar-refractivity contribution in [3.63, 3.8) is 0 Å². The number of aromatic nitrogens is 1. The molecule has 138 valence electrons. The van der Waals surface area contributed by atoms with Gasteiger partial charge < -0.3 is 9.64 Å². The zero-order chi connectivity index (χ0) is 19.0. The topological polar surface area (TPSA) is 54.5 Å². The third-order valence-corrected chi connectivity index (χ3v) is 3.91. The van der Waals surface area contributed by atoms with Crippen molar-refractivity contribution < 1.29 is 22.7 Å². The first-order valence-corrected chi connectivity index (χ1v) is 8.32. The Labute approximate surface area is 147 Å². The fourth-order valence-corrected chi connectivity index (χ4v) is 3.11. The molecule has 0 unspecified atom stereocenters. The van der Waals surface area contributed by atoms with Gasteiger partial charge >= 0.3 is 12.3 Å². The molecular formula is C16H20F3N3O2S. The summed E-state index contributed by atoms with van der Waals surface area (Å²) in [6.07, 6.45) is -5.14. The SMILES string of the molecule is CN(C)Cc1cc(C(F)(F)F)cc2sc(NC(=O)OC(C)(C)C)nc12. The third kappa shape index (κ3) is 5.30. The second-order valence-electron chi connectivity index (χ2n) is 6.86. The van der Waals surface area contributed by atoms with Gasteiger partial charge in [-0.1, -0.05) is 11.3 Å². The molecule has 0 aliphatic heterocycles. The third-order valence-electron chi connectivity index (χ3n) is 3.00. The molecule has 9 heteroatoms. The van der Waals surface area contributed by atoms with Crippen LogP contribution in [0.15, 0.2) is 12.1 Å². The number of thiazole rings is 1. The first kappa shape index (κ1) is 19.5. The van der Waals surface area contributed by atoms with Gasteiger partial charge in [-0.3, -0.25) is 5.32 Å². The number of nitrogens with one attached hydrogen (secondary N) is 1. The summed E-state index contributed by atoms with van der Waals surface area (Å²) in [7, 11) is 3.52. The predicted octanol–water partition coefficient (Wildman–Crippen LogP) is 4.72. The Balaban J connectivity index is 2.41. The van der Waals surface area contributed by atoms with Crippen molar-refractivity contribution in [1.82, 2.24) is 9.88 Å². The lowest BCUT2D eigenvalue weighted by molar-refractivity contribution is -0.137. The van der Waals surface area contributed by atoms with E-state index in [1.807, 2.05) is 0 Å². The maximum atomic E-state index is 13.1. The number of anilines is 1. The normalized spacial score (nSPS) is 12.7. The van der Waals surface area contributed by atoms with Crippen LogP contribution in [0.3, 0.4) is 0 Å². The first-order valence-electron chi connectivity index (χ1n) is 7.50. The quantitative estimate of drug-likeness (QED) is 0.843. The van der Waals surface area contributed by atoms with Crippen LogP contribution in [0.2, 0.25) is 0 Å². The van der Waals surface area contributed by atoms with Crippen LogP contribution in [0.5, 0.6) is 0 Å². The van der Waals surface area contributed by atoms with Gasteiger partial charge in [0.1, 0.15) is 5.60 Å². The number of alkyl halides is 3. The number of nitrogens with zero attached hydrogens (tertiary/aromatic N) is 2. The number of ether oxygens (including phenoxy) is 1. The van der Waals surface area contributed by atoms with Crippen LogP contribution in [0, 0.1) is 0 Å². The van der Waals surface area contributed by atoms with E-state index in [1.54, 1.807) is 39.8 Å². The van der Waals surface area contributed by atoms with Gasteiger partial charge in [0, 0.05) is 6.54 Å². The van der Waals surface area contributed by atoms with Crippen molar-refractivity contribution in [2.45, 2.75) is 39.1 Å². The number of halogens is 3. The molecular weight excluding hydrogens is 355 g/mol. The number of amides is 1. The summed E-state index contributed by atoms with van der Waals surface area (Å²) >= 11 is 0.982. The van der Waals surface area contributed by atoms with E-state index in [9.17, 15) is 18.0 Å². The fraction of sp³-hybridized carbons (Fsp3) is 0.500. The highest BCUT2D eigenvalue weighted by atomic mass is 32.1. The maximum absolute atomic E-state index is 13.1. The Morgan fingerprint density at radius 3 is 2.44 bits per heavy atom. The molecule has 0 aliphatic rings. The van der Waals surface area contributed by atoms with Crippen molar-refractivity contribution >= 4 is 32.8 Å². The molecule has 1 aromatic carbocycles. The van der Waals surface area contributed by atoms with E-state index in [0.717, 1.165) is 23.5 Å². The van der Waals surface area contributed by atoms with Gasteiger partial charge in [-0.25, -0.2) is 9.78 Å². The molecule has 1 amide bonds. The molecule has 1 heterocycles. The summed E-state index contributed by atoms with van der Waals surface area (Å²) in [6, 6.07) is 2.14. The van der Waals surface area contributed by atoms with E-state index in [0.29, 0.717) is 22.3 Å². The number of carbonyl (C=O) groups is 1. The molecule has 5 nitrogen and oxygen atoms in total. The standard InChI is InChI=1S/C16H20F3N3O2S/c1-15(2,3)24-14(23)21-13-20-12-9(8-22(4)5)6-10(16(17,18)19)7-11(12)25-13/h6-7H,8H2,1-5H3,(H,20,21,23). The van der Waals surface area contributed by atoms with E-state index < -0.39 is 23.4 Å². The number of fused-ring (bicyclic) bond motifs is 1. The minimum atomic E-state index is -4.45. The molecule has 0 aliphatic carbocycles. The average molecular weight is 375 g/mol. The zero-order valence-electron chi connectivity index (χ0n) is 14.6. The number of benzene rings is 1. The van der Waals surface area contributed by atoms with Gasteiger partial charge in [0.05, 0.1) is 15.8 Å². The van der Waals surface area contributed by atoms with Crippen molar-refractivity contribution in [2.75, 3.05) is 19.4 Å². The van der Waals surface area contributed by atoms with Gasteiger partial charge in [-0.15, -0.1) is 0 Å². The Morgan fingerprint density at radius 2 is 1.92 bits per heavy atom. The Hall–Kier alpha value is -1.87. The predicted molar refractivity (Wildman–Crippen MR) is 91.9 cm³/mol. The van der Waals surface area contributed by atoms with Crippen molar-refractivity contribution in [1.29, 1.82) is 0 Å². The molecule has 0 radical (unpaired) electrons. The molecule has 0 atom stereocenters. The zero-order valence-corrected chi connectivity index (χ0v) is 15.4. The Bertz CT molecular complexity index is 779. The van der Waals surface area contributed by atoms with E-state index >= 15 is 0 Å². The second-order valence-corrected chi connectivity index (χ2v) is 7.89. The van der Waals surface area contributed by atoms with Crippen LogP contribution in [0.25, 0.3) is 10.2 Å². The van der Waals surface area contributed by atoms with Gasteiger partial charge in [0.15, 0.2) is 5.13 Å². The molecule has 1 N–H and O–H groups in total. The van der Waals surface area contributed by atoms with Crippen molar-refractivity contribution in [3.05, 3.63) is 23.3 Å². The largest absolute Gasteiger partial charge is 0.444 e. The molecule has 0 saturated carbocycles. The molecule has 0 spiro atoms. The Morgan fingerprint density at radius 1 is 1.28 bits per heavy atom. The monoisotopic (exact) mass is 375 g/mol. The molecule has 2 rings (SSSR count). The molecule has 2 aromatic rings. The minimum Gasteiger partial charge on any atom is -0.444 e. The van der Waals surface area contributed by atoms with Gasteiger partial charge in [-0.05, 0) is 52.6 Å². The van der Waals surface area contributed by atoms with Crippen molar-refractivity contribution in [3.8, 4) is 0 Å². The van der Waals surface area contributed by atoms with Crippen molar-refractivity contribution in [2.24, 2.45) is 0 Å². The van der Waals surface area contributed by atoms with E-state index in [2.05, 4.69) is 10.3 Å². The lowest BCUT2D eigenvalue weighted by Crippen LogP contribution is -2.27. The highest BCUT2D eigenvalue weighted by Crippen LogP contribution is 2.36. The maximum Gasteiger partial charge on any atom is 0.416 e. The molecule has 0 fully saturated rings. The number of hydrogen-bond acceptors (Lipinski definition) is 5. The van der Waals surface area contributed by atoms with Crippen LogP contribution in [-0.4, -0.2) is 35.7 Å². The number of rotatable bonds is 3. The summed E-state index contributed by atoms with van der Waals surface area (Å²) in [5.41, 5.74) is -0.522. The summed E-state index contributed by atoms with van der Waals surface area (Å²) in [5.74, 6) is 0. The van der Waals surface area contributed by atoms with Crippen LogP contribution in [-0.2, 0) is 17.5 Å². The van der Waals surface area contributed by atoms with Crippen LogP contribution in [0.1, 0.15) is 31.9 Å². The number of hydrogen-bond donors (Lipinski definition) is 1. The molecule has 25 heavy (non-hydrogen) atoms. The molecule has 1 aromatic heterocycles. The highest BCUT2D eigenvalue weighted by molar-refractivity contribution is 7.22. The van der Waals surface area contributed by atoms with E-state index in [4.69, 9.17) is 4.74 Å². The smallest absolute Gasteiger partial charge is 0.416 e. The Kier molecular flexibility index (Phi) is 5.29. The lowest BCUT2D eigenvalue weighted by Gasteiger charge is -2.18. The summed E-state index contributed by atoms with van der Waals surface area (Å²) in [6.45, 7) is 5.46. The van der Waals surface area contributed by atoms with E-state index in [1.165, 1.54) is 0 Å². The van der Waals surface area contributed by atoms with Crippen LogP contribution in [0.4, 0.5) is 23.1 Å².